The lowest BCUT2D eigenvalue weighted by atomic mass is 9.81. The van der Waals surface area contributed by atoms with Gasteiger partial charge in [0.15, 0.2) is 5.82 Å². The number of carbonyl (C=O) groups excluding carboxylic acids is 2. The Morgan fingerprint density at radius 2 is 1.88 bits per heavy atom. The van der Waals surface area contributed by atoms with Gasteiger partial charge in [0.2, 0.25) is 5.91 Å². The van der Waals surface area contributed by atoms with Crippen molar-refractivity contribution >= 4 is 22.8 Å². The summed E-state index contributed by atoms with van der Waals surface area (Å²) in [5.41, 5.74) is 2.14. The lowest BCUT2D eigenvalue weighted by molar-refractivity contribution is -0.118. The second kappa shape index (κ2) is 9.93. The lowest BCUT2D eigenvalue weighted by Crippen LogP contribution is -2.49. The van der Waals surface area contributed by atoms with E-state index < -0.39 is 5.60 Å². The maximum atomic E-state index is 13.3. The molecule has 8 heteroatoms. The highest BCUT2D eigenvalue weighted by Crippen LogP contribution is 2.30. The largest absolute Gasteiger partial charge is 0.389 e. The average Bonchev–Trinajstić information content (AvgIpc) is 3.26. The van der Waals surface area contributed by atoms with Gasteiger partial charge in [-0.1, -0.05) is 44.2 Å². The van der Waals surface area contributed by atoms with Crippen LogP contribution >= 0.6 is 0 Å². The van der Waals surface area contributed by atoms with Gasteiger partial charge in [-0.3, -0.25) is 9.59 Å². The Kier molecular flexibility index (Phi) is 6.97. The first-order valence-corrected chi connectivity index (χ1v) is 12.0. The van der Waals surface area contributed by atoms with Crippen molar-refractivity contribution in [2.45, 2.75) is 52.1 Å². The number of carbonyl (C=O) groups is 2. The van der Waals surface area contributed by atoms with Crippen LogP contribution in [0.15, 0.2) is 36.4 Å². The molecule has 1 aromatic carbocycles. The molecule has 1 aliphatic heterocycles. The molecule has 3 N–H and O–H groups in total. The number of hydrogen-bond acceptors (Lipinski definition) is 5. The molecule has 0 spiro atoms. The number of fused-ring (bicyclic) bond motifs is 1. The zero-order valence-electron chi connectivity index (χ0n) is 20.1. The Morgan fingerprint density at radius 3 is 2.53 bits per heavy atom. The van der Waals surface area contributed by atoms with Gasteiger partial charge in [-0.05, 0) is 37.7 Å². The fraction of sp³-hybridized carbons (Fsp3) is 0.462. The van der Waals surface area contributed by atoms with Crippen LogP contribution in [0.2, 0.25) is 0 Å². The van der Waals surface area contributed by atoms with E-state index in [0.29, 0.717) is 56.1 Å². The minimum absolute atomic E-state index is 0.0572. The number of aromatic nitrogens is 3. The molecule has 1 fully saturated rings. The summed E-state index contributed by atoms with van der Waals surface area (Å²) in [7, 11) is 0. The molecule has 180 valence electrons. The number of nitrogens with one attached hydrogen (secondary N) is 2. The van der Waals surface area contributed by atoms with E-state index in [4.69, 9.17) is 9.97 Å². The fourth-order valence-electron chi connectivity index (χ4n) is 4.46. The van der Waals surface area contributed by atoms with Gasteiger partial charge in [0.1, 0.15) is 11.3 Å². The van der Waals surface area contributed by atoms with Gasteiger partial charge in [-0.15, -0.1) is 0 Å². The summed E-state index contributed by atoms with van der Waals surface area (Å²) in [5, 5.41) is 14.4. The standard InChI is InChI=1S/C26H33N5O3/c1-17(2)26(34)11-14-31(15-12-26)25(33)22-16-20-21(10-7-13-27-18(3)32)28-23(30-24(20)29-22)19-8-5-4-6-9-19/h4-6,8-9,16-17,34H,7,10-15H2,1-3H3,(H,27,32)(H,28,29,30). The quantitative estimate of drug-likeness (QED) is 0.466. The van der Waals surface area contributed by atoms with E-state index in [0.717, 1.165) is 23.1 Å². The van der Waals surface area contributed by atoms with Crippen molar-refractivity contribution in [2.24, 2.45) is 5.92 Å². The Morgan fingerprint density at radius 1 is 1.18 bits per heavy atom. The zero-order valence-corrected chi connectivity index (χ0v) is 20.1. The number of hydrogen-bond donors (Lipinski definition) is 3. The monoisotopic (exact) mass is 463 g/mol. The third kappa shape index (κ3) is 5.12. The maximum Gasteiger partial charge on any atom is 0.270 e. The highest BCUT2D eigenvalue weighted by Gasteiger charge is 2.36. The molecule has 1 saturated heterocycles. The van der Waals surface area contributed by atoms with Crippen molar-refractivity contribution in [2.75, 3.05) is 19.6 Å². The molecule has 0 aliphatic carbocycles. The minimum Gasteiger partial charge on any atom is -0.389 e. The molecular weight excluding hydrogens is 430 g/mol. The van der Waals surface area contributed by atoms with Gasteiger partial charge in [0, 0.05) is 37.5 Å². The molecular formula is C26H33N5O3. The predicted octanol–water partition coefficient (Wildman–Crippen LogP) is 3.32. The highest BCUT2D eigenvalue weighted by molar-refractivity contribution is 5.98. The Labute approximate surface area is 199 Å². The third-order valence-corrected chi connectivity index (χ3v) is 6.78. The Bertz CT molecular complexity index is 1160. The Hall–Kier alpha value is -3.26. The zero-order chi connectivity index (χ0) is 24.3. The molecule has 34 heavy (non-hydrogen) atoms. The summed E-state index contributed by atoms with van der Waals surface area (Å²) >= 11 is 0. The molecule has 3 heterocycles. The molecule has 0 atom stereocenters. The van der Waals surface area contributed by atoms with Gasteiger partial charge in [-0.2, -0.15) is 0 Å². The van der Waals surface area contributed by atoms with E-state index in [2.05, 4.69) is 10.3 Å². The number of amides is 2. The van der Waals surface area contributed by atoms with E-state index in [-0.39, 0.29) is 17.7 Å². The van der Waals surface area contributed by atoms with E-state index in [1.54, 1.807) is 4.90 Å². The smallest absolute Gasteiger partial charge is 0.270 e. The molecule has 2 amide bonds. The number of H-pyrrole nitrogens is 1. The summed E-state index contributed by atoms with van der Waals surface area (Å²) in [6.45, 7) is 7.14. The van der Waals surface area contributed by atoms with Gasteiger partial charge in [0.25, 0.3) is 5.91 Å². The van der Waals surface area contributed by atoms with Gasteiger partial charge in [0.05, 0.1) is 11.3 Å². The minimum atomic E-state index is -0.714. The van der Waals surface area contributed by atoms with Crippen molar-refractivity contribution in [1.29, 1.82) is 0 Å². The van der Waals surface area contributed by atoms with E-state index in [1.165, 1.54) is 6.92 Å². The number of aliphatic hydroxyl groups is 1. The van der Waals surface area contributed by atoms with Crippen molar-refractivity contribution in [3.8, 4) is 11.4 Å². The van der Waals surface area contributed by atoms with Crippen molar-refractivity contribution < 1.29 is 14.7 Å². The number of aryl methyl sites for hydroxylation is 1. The van der Waals surface area contributed by atoms with E-state index >= 15 is 0 Å². The molecule has 0 bridgehead atoms. The lowest BCUT2D eigenvalue weighted by Gasteiger charge is -2.40. The summed E-state index contributed by atoms with van der Waals surface area (Å²) in [6, 6.07) is 11.6. The van der Waals surface area contributed by atoms with Crippen molar-refractivity contribution in [3.63, 3.8) is 0 Å². The van der Waals surface area contributed by atoms with Gasteiger partial charge < -0.3 is 20.3 Å². The van der Waals surface area contributed by atoms with Crippen LogP contribution in [0.3, 0.4) is 0 Å². The maximum absolute atomic E-state index is 13.3. The number of benzene rings is 1. The van der Waals surface area contributed by atoms with E-state index in [9.17, 15) is 14.7 Å². The number of nitrogens with zero attached hydrogens (tertiary/aromatic N) is 3. The molecule has 0 saturated carbocycles. The van der Waals surface area contributed by atoms with Crippen molar-refractivity contribution in [1.82, 2.24) is 25.2 Å². The first-order valence-electron chi connectivity index (χ1n) is 12.0. The highest BCUT2D eigenvalue weighted by atomic mass is 16.3. The van der Waals surface area contributed by atoms with Gasteiger partial charge >= 0.3 is 0 Å². The second-order valence-electron chi connectivity index (χ2n) is 9.44. The van der Waals surface area contributed by atoms with Crippen LogP contribution in [0.1, 0.15) is 56.2 Å². The molecule has 1 aliphatic rings. The van der Waals surface area contributed by atoms with Crippen LogP contribution in [-0.2, 0) is 11.2 Å². The molecule has 0 unspecified atom stereocenters. The molecule has 8 nitrogen and oxygen atoms in total. The molecule has 3 aromatic rings. The first-order chi connectivity index (χ1) is 16.3. The van der Waals surface area contributed by atoms with Crippen LogP contribution in [0.25, 0.3) is 22.4 Å². The average molecular weight is 464 g/mol. The van der Waals surface area contributed by atoms with Crippen LogP contribution in [0.4, 0.5) is 0 Å². The molecule has 0 radical (unpaired) electrons. The number of likely N-dealkylation sites (tertiary alicyclic amines) is 1. The van der Waals surface area contributed by atoms with Crippen LogP contribution in [0.5, 0.6) is 0 Å². The van der Waals surface area contributed by atoms with Gasteiger partial charge in [-0.25, -0.2) is 9.97 Å². The SMILES string of the molecule is CC(=O)NCCCc1nc(-c2ccccc2)nc2[nH]c(C(=O)N3CCC(O)(C(C)C)CC3)cc12. The first kappa shape index (κ1) is 23.9. The number of rotatable bonds is 7. The Balaban J connectivity index is 1.61. The van der Waals surface area contributed by atoms with Crippen LogP contribution in [-0.4, -0.2) is 62.0 Å². The summed E-state index contributed by atoms with van der Waals surface area (Å²) in [6.07, 6.45) is 2.52. The fourth-order valence-corrected chi connectivity index (χ4v) is 4.46. The molecule has 2 aromatic heterocycles. The summed E-state index contributed by atoms with van der Waals surface area (Å²) in [4.78, 5) is 39.0. The third-order valence-electron chi connectivity index (χ3n) is 6.78. The topological polar surface area (TPSA) is 111 Å². The number of piperidine rings is 1. The molecule has 4 rings (SSSR count). The predicted molar refractivity (Wildman–Crippen MR) is 131 cm³/mol. The van der Waals surface area contributed by atoms with E-state index in [1.807, 2.05) is 50.2 Å². The summed E-state index contributed by atoms with van der Waals surface area (Å²) in [5.74, 6) is 0.612. The normalized spacial score (nSPS) is 15.6. The van der Waals surface area contributed by atoms with Crippen molar-refractivity contribution in [3.05, 3.63) is 47.8 Å². The summed E-state index contributed by atoms with van der Waals surface area (Å²) < 4.78 is 0. The number of aromatic amines is 1. The van der Waals surface area contributed by atoms with Crippen LogP contribution < -0.4 is 5.32 Å². The second-order valence-corrected chi connectivity index (χ2v) is 9.44. The van der Waals surface area contributed by atoms with Crippen LogP contribution in [0, 0.1) is 5.92 Å².